The Morgan fingerprint density at radius 2 is 1.87 bits per heavy atom. The summed E-state index contributed by atoms with van der Waals surface area (Å²) in [5.74, 6) is -1.65. The maximum Gasteiger partial charge on any atom is 0.335 e. The van der Waals surface area contributed by atoms with E-state index in [2.05, 4.69) is 18.5 Å². The number of amides is 1. The van der Waals surface area contributed by atoms with E-state index in [0.717, 1.165) is 35.4 Å². The lowest BCUT2D eigenvalue weighted by atomic mass is 9.99. The van der Waals surface area contributed by atoms with Crippen molar-refractivity contribution in [1.82, 2.24) is 14.8 Å². The number of carbonyl (C=O) groups is 2. The zero-order valence-electron chi connectivity index (χ0n) is 21.5. The van der Waals surface area contributed by atoms with Crippen molar-refractivity contribution in [1.29, 1.82) is 0 Å². The maximum atomic E-state index is 14.3. The Morgan fingerprint density at radius 1 is 1.16 bits per heavy atom. The smallest absolute Gasteiger partial charge is 0.335 e. The molecular formula is C30H32FN3O4. The SMILES string of the molecule is C=C/C=C(\C=C1/CC(CCC)=C(c2ccc(-c3cccnc3F)cc2)N1CC(=O)N1CCOCC1)C(=O)O. The van der Waals surface area contributed by atoms with E-state index in [0.29, 0.717) is 43.9 Å². The fourth-order valence-electron chi connectivity index (χ4n) is 4.85. The largest absolute Gasteiger partial charge is 0.478 e. The first-order valence-electron chi connectivity index (χ1n) is 12.8. The number of allylic oxidation sites excluding steroid dienone is 3. The van der Waals surface area contributed by atoms with Crippen LogP contribution in [0.5, 0.6) is 0 Å². The van der Waals surface area contributed by atoms with Crippen LogP contribution < -0.4 is 0 Å². The van der Waals surface area contributed by atoms with E-state index in [1.54, 1.807) is 23.1 Å². The van der Waals surface area contributed by atoms with Gasteiger partial charge in [-0.2, -0.15) is 4.39 Å². The molecule has 0 radical (unpaired) electrons. The van der Waals surface area contributed by atoms with Crippen molar-refractivity contribution in [2.75, 3.05) is 32.8 Å². The second-order valence-corrected chi connectivity index (χ2v) is 9.18. The van der Waals surface area contributed by atoms with Crippen LogP contribution in [-0.4, -0.2) is 64.6 Å². The van der Waals surface area contributed by atoms with Crippen LogP contribution >= 0.6 is 0 Å². The van der Waals surface area contributed by atoms with Crippen LogP contribution in [0.3, 0.4) is 0 Å². The molecule has 8 heteroatoms. The summed E-state index contributed by atoms with van der Waals surface area (Å²) in [6, 6.07) is 10.9. The molecule has 1 N–H and O–H groups in total. The van der Waals surface area contributed by atoms with Crippen molar-refractivity contribution in [3.05, 3.63) is 95.8 Å². The number of aromatic nitrogens is 1. The third-order valence-electron chi connectivity index (χ3n) is 6.65. The van der Waals surface area contributed by atoms with Crippen LogP contribution in [0.2, 0.25) is 0 Å². The molecule has 1 saturated heterocycles. The lowest BCUT2D eigenvalue weighted by Crippen LogP contribution is -2.44. The molecule has 1 amide bonds. The molecule has 0 unspecified atom stereocenters. The average Bonchev–Trinajstić information content (AvgIpc) is 3.25. The number of benzene rings is 1. The summed E-state index contributed by atoms with van der Waals surface area (Å²) in [5, 5.41) is 9.73. The number of rotatable bonds is 9. The predicted molar refractivity (Wildman–Crippen MR) is 144 cm³/mol. The number of morpholine rings is 1. The van der Waals surface area contributed by atoms with Crippen molar-refractivity contribution in [3.8, 4) is 11.1 Å². The van der Waals surface area contributed by atoms with Gasteiger partial charge in [0, 0.05) is 42.7 Å². The third-order valence-corrected chi connectivity index (χ3v) is 6.65. The molecule has 4 rings (SSSR count). The number of carboxylic acid groups (broad SMARTS) is 1. The number of ether oxygens (including phenoxy) is 1. The number of halogens is 1. The second-order valence-electron chi connectivity index (χ2n) is 9.18. The van der Waals surface area contributed by atoms with Crippen LogP contribution in [-0.2, 0) is 14.3 Å². The Kier molecular flexibility index (Phi) is 8.86. The lowest BCUT2D eigenvalue weighted by Gasteiger charge is -2.31. The van der Waals surface area contributed by atoms with E-state index in [4.69, 9.17) is 4.74 Å². The van der Waals surface area contributed by atoms with Crippen LogP contribution in [0.4, 0.5) is 4.39 Å². The Morgan fingerprint density at radius 3 is 2.50 bits per heavy atom. The van der Waals surface area contributed by atoms with Crippen molar-refractivity contribution in [2.45, 2.75) is 26.2 Å². The van der Waals surface area contributed by atoms with Crippen molar-refractivity contribution >= 4 is 17.6 Å². The molecule has 3 heterocycles. The molecule has 0 spiro atoms. The molecule has 0 atom stereocenters. The molecule has 0 bridgehead atoms. The summed E-state index contributed by atoms with van der Waals surface area (Å²) in [5.41, 5.74) is 4.83. The monoisotopic (exact) mass is 517 g/mol. The van der Waals surface area contributed by atoms with Crippen molar-refractivity contribution < 1.29 is 23.8 Å². The van der Waals surface area contributed by atoms with Gasteiger partial charge in [-0.15, -0.1) is 0 Å². The van der Waals surface area contributed by atoms with Crippen molar-refractivity contribution in [2.24, 2.45) is 0 Å². The van der Waals surface area contributed by atoms with Crippen molar-refractivity contribution in [3.63, 3.8) is 0 Å². The Balaban J connectivity index is 1.75. The Labute approximate surface area is 222 Å². The predicted octanol–water partition coefficient (Wildman–Crippen LogP) is 5.04. The molecule has 0 saturated carbocycles. The summed E-state index contributed by atoms with van der Waals surface area (Å²) < 4.78 is 19.7. The summed E-state index contributed by atoms with van der Waals surface area (Å²) in [6.07, 6.45) is 8.14. The molecule has 7 nitrogen and oxygen atoms in total. The molecule has 1 fully saturated rings. The minimum Gasteiger partial charge on any atom is -0.478 e. The summed E-state index contributed by atoms with van der Waals surface area (Å²) in [4.78, 5) is 32.7. The number of hydrogen-bond donors (Lipinski definition) is 1. The number of carbonyl (C=O) groups excluding carboxylic acids is 1. The Hall–Kier alpha value is -4.04. The number of aliphatic carboxylic acids is 1. The van der Waals surface area contributed by atoms with Gasteiger partial charge in [0.15, 0.2) is 0 Å². The van der Waals surface area contributed by atoms with E-state index < -0.39 is 11.9 Å². The van der Waals surface area contributed by atoms with Gasteiger partial charge in [-0.3, -0.25) is 4.79 Å². The summed E-state index contributed by atoms with van der Waals surface area (Å²) in [6.45, 7) is 7.84. The number of pyridine rings is 1. The molecular weight excluding hydrogens is 485 g/mol. The maximum absolute atomic E-state index is 14.3. The van der Waals surface area contributed by atoms with E-state index in [-0.39, 0.29) is 18.0 Å². The van der Waals surface area contributed by atoms with Crippen LogP contribution in [0.1, 0.15) is 31.7 Å². The summed E-state index contributed by atoms with van der Waals surface area (Å²) in [7, 11) is 0. The molecule has 2 aliphatic heterocycles. The van der Waals surface area contributed by atoms with Gasteiger partial charge < -0.3 is 19.6 Å². The Bertz CT molecular complexity index is 1290. The molecule has 0 aliphatic carbocycles. The fourth-order valence-corrected chi connectivity index (χ4v) is 4.85. The highest BCUT2D eigenvalue weighted by Gasteiger charge is 2.31. The number of hydrogen-bond acceptors (Lipinski definition) is 5. The van der Waals surface area contributed by atoms with Gasteiger partial charge in [-0.25, -0.2) is 9.78 Å². The zero-order chi connectivity index (χ0) is 27.1. The van der Waals surface area contributed by atoms with Crippen LogP contribution in [0, 0.1) is 5.95 Å². The van der Waals surface area contributed by atoms with E-state index >= 15 is 0 Å². The normalized spacial score (nSPS) is 17.3. The third kappa shape index (κ3) is 6.08. The highest BCUT2D eigenvalue weighted by molar-refractivity contribution is 5.91. The van der Waals surface area contributed by atoms with Gasteiger partial charge in [0.25, 0.3) is 0 Å². The minimum atomic E-state index is -1.06. The standard InChI is InChI=1S/C30H32FN3O4/c1-3-6-23-18-25(19-24(7-4-2)30(36)37)34(20-27(35)33-14-16-38-17-15-33)28(23)22-11-9-21(10-12-22)26-8-5-13-32-29(26)31/h4-5,7-13,19H,2-3,6,14-18,20H2,1H3,(H,36,37)/b24-7+,25-19+. The number of carboxylic acids is 1. The second kappa shape index (κ2) is 12.5. The lowest BCUT2D eigenvalue weighted by molar-refractivity contribution is -0.135. The molecule has 1 aromatic heterocycles. The molecule has 198 valence electrons. The van der Waals surface area contributed by atoms with Gasteiger partial charge in [0.2, 0.25) is 11.9 Å². The number of nitrogens with zero attached hydrogens (tertiary/aromatic N) is 3. The molecule has 1 aromatic carbocycles. The van der Waals surface area contributed by atoms with Gasteiger partial charge in [-0.1, -0.05) is 50.3 Å². The highest BCUT2D eigenvalue weighted by Crippen LogP contribution is 2.41. The first-order chi connectivity index (χ1) is 18.4. The molecule has 2 aliphatic rings. The van der Waals surface area contributed by atoms with E-state index in [9.17, 15) is 19.1 Å². The first-order valence-corrected chi connectivity index (χ1v) is 12.8. The molecule has 38 heavy (non-hydrogen) atoms. The first kappa shape index (κ1) is 27.0. The minimum absolute atomic E-state index is 0.0481. The van der Waals surface area contributed by atoms with Gasteiger partial charge >= 0.3 is 5.97 Å². The summed E-state index contributed by atoms with van der Waals surface area (Å²) >= 11 is 0. The zero-order valence-corrected chi connectivity index (χ0v) is 21.5. The van der Waals surface area contributed by atoms with E-state index in [1.165, 1.54) is 18.3 Å². The van der Waals surface area contributed by atoms with Gasteiger partial charge in [-0.05, 0) is 47.4 Å². The quantitative estimate of drug-likeness (QED) is 0.285. The molecule has 2 aromatic rings. The fraction of sp³-hybridized carbons (Fsp3) is 0.300. The van der Waals surface area contributed by atoms with Crippen LogP contribution in [0.15, 0.2) is 84.2 Å². The topological polar surface area (TPSA) is 83.0 Å². The van der Waals surface area contributed by atoms with Crippen LogP contribution in [0.25, 0.3) is 16.8 Å². The van der Waals surface area contributed by atoms with Gasteiger partial charge in [0.05, 0.1) is 18.8 Å². The van der Waals surface area contributed by atoms with E-state index in [1.807, 2.05) is 29.2 Å². The van der Waals surface area contributed by atoms with Gasteiger partial charge in [0.1, 0.15) is 6.54 Å². The highest BCUT2D eigenvalue weighted by atomic mass is 19.1. The average molecular weight is 518 g/mol.